The van der Waals surface area contributed by atoms with E-state index in [0.717, 1.165) is 0 Å². The summed E-state index contributed by atoms with van der Waals surface area (Å²) in [5.74, 6) is -4.31. The Morgan fingerprint density at radius 1 is 0.733 bits per heavy atom. The van der Waals surface area contributed by atoms with Gasteiger partial charge in [-0.25, -0.2) is 0 Å². The monoisotopic (exact) mass is 971 g/mol. The molecule has 1 aliphatic rings. The zero-order valence-electron chi connectivity index (χ0n) is 24.7. The van der Waals surface area contributed by atoms with Gasteiger partial charge in [0.15, 0.2) is 12.2 Å². The van der Waals surface area contributed by atoms with E-state index in [1.807, 2.05) is 67.8 Å². The number of anilines is 1. The molecule has 45 heavy (non-hydrogen) atoms. The first-order valence-electron chi connectivity index (χ1n) is 13.4. The number of ether oxygens (including phenoxy) is 5. The maximum Gasteiger partial charge on any atom is 0.303 e. The lowest BCUT2D eigenvalue weighted by molar-refractivity contribution is -0.155. The lowest BCUT2D eigenvalue weighted by Crippen LogP contribution is -2.40. The van der Waals surface area contributed by atoms with Gasteiger partial charge in [0.25, 0.3) is 17.7 Å². The normalized spacial score (nSPS) is 15.2. The Morgan fingerprint density at radius 2 is 1.18 bits per heavy atom. The fraction of sp³-hybridized carbons (Fsp3) is 0.519. The van der Waals surface area contributed by atoms with Crippen molar-refractivity contribution in [2.75, 3.05) is 38.2 Å². The smallest absolute Gasteiger partial charge is 0.303 e. The molecule has 0 radical (unpaired) electrons. The summed E-state index contributed by atoms with van der Waals surface area (Å²) >= 11 is 5.62. The van der Waals surface area contributed by atoms with E-state index in [1.54, 1.807) is 0 Å². The first-order chi connectivity index (χ1) is 21.1. The van der Waals surface area contributed by atoms with E-state index < -0.39 is 59.9 Å². The van der Waals surface area contributed by atoms with Crippen LogP contribution in [0.15, 0.2) is 0 Å². The molecule has 15 nitrogen and oxygen atoms in total. The second-order valence-corrected chi connectivity index (χ2v) is 12.8. The van der Waals surface area contributed by atoms with Crippen molar-refractivity contribution in [3.8, 4) is 0 Å². The van der Waals surface area contributed by atoms with Gasteiger partial charge in [-0.2, -0.15) is 0 Å². The van der Waals surface area contributed by atoms with E-state index >= 15 is 0 Å². The van der Waals surface area contributed by atoms with E-state index in [9.17, 15) is 33.6 Å². The number of esters is 4. The van der Waals surface area contributed by atoms with Gasteiger partial charge in [0, 0.05) is 37.9 Å². The van der Waals surface area contributed by atoms with E-state index in [-0.39, 0.29) is 46.7 Å². The number of halogens is 3. The number of carbonyl (C=O) groups excluding carboxylic acids is 7. The van der Waals surface area contributed by atoms with Gasteiger partial charge in [-0.3, -0.25) is 33.6 Å². The van der Waals surface area contributed by atoms with E-state index in [1.165, 1.54) is 27.7 Å². The molecule has 18 heteroatoms. The summed E-state index contributed by atoms with van der Waals surface area (Å²) < 4.78 is 26.5. The number of hydrogen-bond acceptors (Lipinski definition) is 12. The molecular formula is C27H32I3N3O12. The third-order valence-electron chi connectivity index (χ3n) is 5.83. The molecule has 0 aliphatic carbocycles. The molecule has 1 heterocycles. The zero-order chi connectivity index (χ0) is 33.8. The molecule has 0 bridgehead atoms. The number of nitrogens with one attached hydrogen (secondary N) is 3. The van der Waals surface area contributed by atoms with Crippen molar-refractivity contribution in [2.24, 2.45) is 0 Å². The van der Waals surface area contributed by atoms with Crippen LogP contribution in [0.2, 0.25) is 0 Å². The number of benzene rings is 1. The van der Waals surface area contributed by atoms with Crippen molar-refractivity contribution in [1.29, 1.82) is 0 Å². The van der Waals surface area contributed by atoms with Crippen LogP contribution in [0, 0.1) is 10.7 Å². The molecule has 3 N–H and O–H groups in total. The van der Waals surface area contributed by atoms with Crippen LogP contribution in [-0.4, -0.2) is 92.8 Å². The second-order valence-electron chi connectivity index (χ2n) is 9.55. The molecule has 1 fully saturated rings. The summed E-state index contributed by atoms with van der Waals surface area (Å²) in [5.41, 5.74) is 0.269. The Balaban J connectivity index is 2.46. The molecule has 0 saturated carbocycles. The lowest BCUT2D eigenvalue weighted by atomic mass is 10.1. The quantitative estimate of drug-likeness (QED) is 0.140. The average Bonchev–Trinajstić information content (AvgIpc) is 3.48. The third kappa shape index (κ3) is 12.4. The Hall–Kier alpha value is -2.34. The number of carbonyl (C=O) groups is 7. The second kappa shape index (κ2) is 18.7. The SMILES string of the molecule is CC(=O)OCC(CNC(=O)c1c(I)c(NC(=O)C2CCCO2)c(I)c(C(=O)NCC(COC(C)=O)OC(C)=O)c1I)OC(C)=O. The van der Waals surface area contributed by atoms with Crippen LogP contribution in [0.25, 0.3) is 0 Å². The Bertz CT molecular complexity index is 1250. The minimum absolute atomic E-state index is 0.0370. The van der Waals surface area contributed by atoms with Crippen LogP contribution in [0.1, 0.15) is 61.3 Å². The van der Waals surface area contributed by atoms with Crippen LogP contribution in [0.5, 0.6) is 0 Å². The Labute approximate surface area is 299 Å². The van der Waals surface area contributed by atoms with Crippen molar-refractivity contribution < 1.29 is 57.2 Å². The molecule has 3 unspecified atom stereocenters. The van der Waals surface area contributed by atoms with Crippen LogP contribution in [-0.2, 0) is 47.7 Å². The van der Waals surface area contributed by atoms with Gasteiger partial charge >= 0.3 is 23.9 Å². The predicted molar refractivity (Wildman–Crippen MR) is 181 cm³/mol. The zero-order valence-corrected chi connectivity index (χ0v) is 31.2. The van der Waals surface area contributed by atoms with Crippen molar-refractivity contribution >= 4 is 115 Å². The van der Waals surface area contributed by atoms with Gasteiger partial charge in [0.2, 0.25) is 0 Å². The highest BCUT2D eigenvalue weighted by molar-refractivity contribution is 14.1. The number of hydrogen-bond donors (Lipinski definition) is 3. The van der Waals surface area contributed by atoms with Crippen molar-refractivity contribution in [3.05, 3.63) is 21.8 Å². The van der Waals surface area contributed by atoms with E-state index in [4.69, 9.17) is 23.7 Å². The molecule has 2 rings (SSSR count). The fourth-order valence-corrected chi connectivity index (χ4v) is 8.33. The molecule has 0 spiro atoms. The minimum Gasteiger partial charge on any atom is -0.462 e. The van der Waals surface area contributed by atoms with Gasteiger partial charge in [-0.15, -0.1) is 0 Å². The Morgan fingerprint density at radius 3 is 1.53 bits per heavy atom. The Kier molecular flexibility index (Phi) is 16.2. The van der Waals surface area contributed by atoms with Crippen LogP contribution >= 0.6 is 67.8 Å². The molecule has 1 aromatic rings. The maximum atomic E-state index is 13.6. The van der Waals surface area contributed by atoms with E-state index in [2.05, 4.69) is 16.0 Å². The molecule has 0 aromatic heterocycles. The highest BCUT2D eigenvalue weighted by Gasteiger charge is 2.32. The summed E-state index contributed by atoms with van der Waals surface area (Å²) in [6.07, 6.45) is -1.49. The lowest BCUT2D eigenvalue weighted by Gasteiger charge is -2.22. The predicted octanol–water partition coefficient (Wildman–Crippen LogP) is 2.07. The number of amides is 3. The summed E-state index contributed by atoms with van der Waals surface area (Å²) in [5, 5.41) is 8.06. The largest absolute Gasteiger partial charge is 0.462 e. The molecule has 1 aromatic carbocycles. The van der Waals surface area contributed by atoms with Crippen molar-refractivity contribution in [2.45, 2.75) is 58.8 Å². The molecule has 248 valence electrons. The van der Waals surface area contributed by atoms with E-state index in [0.29, 0.717) is 26.6 Å². The highest BCUT2D eigenvalue weighted by Crippen LogP contribution is 2.36. The van der Waals surface area contributed by atoms with Crippen LogP contribution < -0.4 is 16.0 Å². The van der Waals surface area contributed by atoms with Crippen molar-refractivity contribution in [3.63, 3.8) is 0 Å². The summed E-state index contributed by atoms with van der Waals surface area (Å²) in [6.45, 7) is 4.05. The standard InChI is InChI=1S/C27H32I3N3O12/c1-12(34)42-10-16(44-14(3)36)8-31-26(39)19-21(28)20(27(40)32-9-17(45-15(4)37)11-43-13(2)35)23(30)24(22(19)29)33-25(38)18-6-5-7-41-18/h16-18H,5-11H2,1-4H3,(H,31,39)(H,32,40)(H,33,38). The van der Waals surface area contributed by atoms with Gasteiger partial charge in [-0.05, 0) is 80.6 Å². The summed E-state index contributed by atoms with van der Waals surface area (Å²) in [6, 6.07) is 0. The van der Waals surface area contributed by atoms with Gasteiger partial charge in [0.1, 0.15) is 19.3 Å². The number of rotatable bonds is 14. The molecular weight excluding hydrogens is 939 g/mol. The van der Waals surface area contributed by atoms with Crippen LogP contribution in [0.3, 0.4) is 0 Å². The van der Waals surface area contributed by atoms with Crippen LogP contribution in [0.4, 0.5) is 5.69 Å². The molecule has 3 atom stereocenters. The van der Waals surface area contributed by atoms with Gasteiger partial charge in [-0.1, -0.05) is 0 Å². The molecule has 1 saturated heterocycles. The fourth-order valence-electron chi connectivity index (χ4n) is 3.91. The molecule has 3 amide bonds. The van der Waals surface area contributed by atoms with Crippen molar-refractivity contribution in [1.82, 2.24) is 10.6 Å². The topological polar surface area (TPSA) is 202 Å². The summed E-state index contributed by atoms with van der Waals surface area (Å²) in [4.78, 5) is 85.8. The third-order valence-corrected chi connectivity index (χ3v) is 9.07. The molecule has 1 aliphatic heterocycles. The van der Waals surface area contributed by atoms with Gasteiger partial charge in [0.05, 0.1) is 37.0 Å². The minimum atomic E-state index is -0.994. The summed E-state index contributed by atoms with van der Waals surface area (Å²) in [7, 11) is 0. The van der Waals surface area contributed by atoms with Gasteiger partial charge < -0.3 is 39.6 Å². The first kappa shape index (κ1) is 38.8. The maximum absolute atomic E-state index is 13.6. The highest BCUT2D eigenvalue weighted by atomic mass is 127. The average molecular weight is 971 g/mol. The first-order valence-corrected chi connectivity index (χ1v) is 16.7.